The quantitative estimate of drug-likeness (QED) is 0.607. The maximum Gasteiger partial charge on any atom is 0.273 e. The van der Waals surface area contributed by atoms with E-state index in [-0.39, 0.29) is 17.9 Å². The summed E-state index contributed by atoms with van der Waals surface area (Å²) in [6.45, 7) is 1.35. The highest BCUT2D eigenvalue weighted by atomic mass is 19.3. The van der Waals surface area contributed by atoms with E-state index < -0.39 is 36.7 Å². The first kappa shape index (κ1) is 21.6. The Balaban J connectivity index is 1.52. The number of nitrogens with zero attached hydrogens (tertiary/aromatic N) is 5. The summed E-state index contributed by atoms with van der Waals surface area (Å²) in [7, 11) is 1.45. The molecule has 0 radical (unpaired) electrons. The van der Waals surface area contributed by atoms with Crippen LogP contribution in [0.3, 0.4) is 0 Å². The normalized spacial score (nSPS) is 17.5. The van der Waals surface area contributed by atoms with Gasteiger partial charge in [0.05, 0.1) is 31.0 Å². The number of benzene rings is 1. The number of aromatic amines is 1. The van der Waals surface area contributed by atoms with Gasteiger partial charge >= 0.3 is 0 Å². The fourth-order valence-corrected chi connectivity index (χ4v) is 3.78. The number of hydrogen-bond donors (Lipinski definition) is 2. The van der Waals surface area contributed by atoms with Crippen molar-refractivity contribution in [1.29, 1.82) is 0 Å². The van der Waals surface area contributed by atoms with Gasteiger partial charge in [-0.1, -0.05) is 36.4 Å². The van der Waals surface area contributed by atoms with E-state index in [9.17, 15) is 18.4 Å². The average Bonchev–Trinajstić information content (AvgIpc) is 3.52. The fraction of sp³-hybridized carbons (Fsp3) is 0.381. The molecule has 9 nitrogen and oxygen atoms in total. The van der Waals surface area contributed by atoms with Gasteiger partial charge in [-0.15, -0.1) is 5.10 Å². The molecule has 1 saturated heterocycles. The number of carbonyl (C=O) groups is 2. The van der Waals surface area contributed by atoms with E-state index in [1.54, 1.807) is 6.07 Å². The minimum absolute atomic E-state index is 0.00913. The summed E-state index contributed by atoms with van der Waals surface area (Å²) >= 11 is 0. The third-order valence-corrected chi connectivity index (χ3v) is 5.50. The maximum absolute atomic E-state index is 14.2. The van der Waals surface area contributed by atoms with Crippen molar-refractivity contribution in [2.24, 2.45) is 0 Å². The number of aromatic nitrogens is 5. The van der Waals surface area contributed by atoms with E-state index >= 15 is 0 Å². The predicted molar refractivity (Wildman–Crippen MR) is 111 cm³/mol. The molecule has 4 rings (SSSR count). The number of alkyl halides is 2. The molecule has 0 bridgehead atoms. The van der Waals surface area contributed by atoms with Crippen LogP contribution in [-0.2, 0) is 13.0 Å². The van der Waals surface area contributed by atoms with Gasteiger partial charge in [-0.05, 0) is 18.1 Å². The Morgan fingerprint density at radius 2 is 2.03 bits per heavy atom. The van der Waals surface area contributed by atoms with Gasteiger partial charge < -0.3 is 10.2 Å². The van der Waals surface area contributed by atoms with E-state index in [1.807, 2.05) is 24.3 Å². The van der Waals surface area contributed by atoms with E-state index in [0.29, 0.717) is 5.69 Å². The largest absolute Gasteiger partial charge is 0.354 e. The van der Waals surface area contributed by atoms with Crippen molar-refractivity contribution in [2.75, 3.05) is 13.6 Å². The Morgan fingerprint density at radius 1 is 1.28 bits per heavy atom. The minimum Gasteiger partial charge on any atom is -0.354 e. The number of nitrogens with one attached hydrogen (secondary N) is 2. The molecule has 0 aliphatic carbocycles. The van der Waals surface area contributed by atoms with Gasteiger partial charge in [0.15, 0.2) is 5.69 Å². The molecule has 2 amide bonds. The van der Waals surface area contributed by atoms with E-state index in [4.69, 9.17) is 0 Å². The second kappa shape index (κ2) is 8.48. The lowest BCUT2D eigenvalue weighted by Gasteiger charge is -2.22. The van der Waals surface area contributed by atoms with Crippen molar-refractivity contribution >= 4 is 11.8 Å². The number of carbonyl (C=O) groups excluding carboxylic acids is 2. The minimum atomic E-state index is -3.02. The Bertz CT molecular complexity index is 1120. The monoisotopic (exact) mass is 443 g/mol. The molecule has 0 spiro atoms. The summed E-state index contributed by atoms with van der Waals surface area (Å²) in [5.74, 6) is -4.02. The highest BCUT2D eigenvalue weighted by Crippen LogP contribution is 2.34. The molecule has 11 heteroatoms. The molecule has 32 heavy (non-hydrogen) atoms. The smallest absolute Gasteiger partial charge is 0.273 e. The molecule has 0 saturated carbocycles. The number of amides is 2. The molecule has 2 aromatic heterocycles. The Labute approximate surface area is 182 Å². The van der Waals surface area contributed by atoms with Crippen molar-refractivity contribution in [1.82, 2.24) is 35.4 Å². The van der Waals surface area contributed by atoms with Crippen LogP contribution in [0.25, 0.3) is 11.3 Å². The average molecular weight is 443 g/mol. The van der Waals surface area contributed by atoms with Crippen LogP contribution in [0.2, 0.25) is 0 Å². The zero-order valence-corrected chi connectivity index (χ0v) is 17.7. The summed E-state index contributed by atoms with van der Waals surface area (Å²) in [5.41, 5.74) is 2.76. The van der Waals surface area contributed by atoms with Crippen LogP contribution in [-0.4, -0.2) is 67.5 Å². The van der Waals surface area contributed by atoms with Crippen molar-refractivity contribution in [3.05, 3.63) is 53.5 Å². The van der Waals surface area contributed by atoms with Gasteiger partial charge in [-0.3, -0.25) is 14.7 Å². The first-order valence-corrected chi connectivity index (χ1v) is 10.3. The molecule has 1 aliphatic heterocycles. The van der Waals surface area contributed by atoms with Gasteiger partial charge in [-0.2, -0.15) is 5.10 Å². The zero-order valence-electron chi connectivity index (χ0n) is 17.7. The summed E-state index contributed by atoms with van der Waals surface area (Å²) in [6.07, 6.45) is 1.77. The third kappa shape index (κ3) is 4.36. The third-order valence-electron chi connectivity index (χ3n) is 5.50. The molecule has 0 unspecified atom stereocenters. The zero-order chi connectivity index (χ0) is 22.9. The van der Waals surface area contributed by atoms with Crippen molar-refractivity contribution in [3.8, 4) is 11.3 Å². The van der Waals surface area contributed by atoms with Gasteiger partial charge in [0, 0.05) is 19.0 Å². The Kier molecular flexibility index (Phi) is 5.72. The predicted octanol–water partition coefficient (Wildman–Crippen LogP) is 2.14. The van der Waals surface area contributed by atoms with Crippen LogP contribution in [0.15, 0.2) is 36.5 Å². The van der Waals surface area contributed by atoms with Crippen LogP contribution in [0.5, 0.6) is 0 Å². The summed E-state index contributed by atoms with van der Waals surface area (Å²) in [6, 6.07) is 8.53. The Hall–Kier alpha value is -3.63. The first-order valence-electron chi connectivity index (χ1n) is 10.3. The van der Waals surface area contributed by atoms with Crippen LogP contribution >= 0.6 is 0 Å². The summed E-state index contributed by atoms with van der Waals surface area (Å²) in [4.78, 5) is 25.8. The highest BCUT2D eigenvalue weighted by Gasteiger charge is 2.47. The van der Waals surface area contributed by atoms with Crippen molar-refractivity contribution in [3.63, 3.8) is 0 Å². The molecule has 1 atom stereocenters. The lowest BCUT2D eigenvalue weighted by molar-refractivity contribution is 0.0116. The van der Waals surface area contributed by atoms with Gasteiger partial charge in [0.1, 0.15) is 5.69 Å². The highest BCUT2D eigenvalue weighted by molar-refractivity contribution is 5.94. The molecule has 1 aromatic carbocycles. The molecule has 3 aromatic rings. The molecular weight excluding hydrogens is 420 g/mol. The summed E-state index contributed by atoms with van der Waals surface area (Å²) in [5, 5.41) is 16.8. The van der Waals surface area contributed by atoms with Crippen LogP contribution in [0.1, 0.15) is 39.9 Å². The van der Waals surface area contributed by atoms with E-state index in [0.717, 1.165) is 16.9 Å². The number of likely N-dealkylation sites (tertiary alicyclic amines) is 1. The van der Waals surface area contributed by atoms with Crippen LogP contribution in [0, 0.1) is 0 Å². The molecular formula is C21H23F2N7O2. The van der Waals surface area contributed by atoms with Crippen molar-refractivity contribution in [2.45, 2.75) is 38.3 Å². The van der Waals surface area contributed by atoms with Gasteiger partial charge in [0.25, 0.3) is 17.7 Å². The molecule has 1 aliphatic rings. The maximum atomic E-state index is 14.2. The van der Waals surface area contributed by atoms with Crippen LogP contribution in [0.4, 0.5) is 8.78 Å². The Morgan fingerprint density at radius 3 is 2.72 bits per heavy atom. The second-order valence-corrected chi connectivity index (χ2v) is 7.77. The second-order valence-electron chi connectivity index (χ2n) is 7.77. The van der Waals surface area contributed by atoms with E-state index in [1.165, 1.54) is 23.5 Å². The SMILES string of the molecule is CCc1ccc(-c2cc(C(=O)N3CC(F)(F)C[C@H]3Cn3cc(C(=O)NC)nn3)[nH]n2)cc1. The standard InChI is InChI=1S/C21H23F2N7O2/c1-3-13-4-6-14(7-5-13)16-8-17(26-25-16)20(32)30-12-21(22,23)9-15(30)10-29-11-18(27-28-29)19(31)24-2/h4-8,11,15H,3,9-10,12H2,1-2H3,(H,24,31)(H,25,26)/t15-/m0/s1. The van der Waals surface area contributed by atoms with Crippen LogP contribution < -0.4 is 5.32 Å². The number of H-pyrrole nitrogens is 1. The number of halogens is 2. The molecule has 168 valence electrons. The lowest BCUT2D eigenvalue weighted by Crippen LogP contribution is -2.39. The lowest BCUT2D eigenvalue weighted by atomic mass is 10.1. The first-order chi connectivity index (χ1) is 15.3. The molecule has 3 heterocycles. The number of hydrogen-bond acceptors (Lipinski definition) is 5. The van der Waals surface area contributed by atoms with Gasteiger partial charge in [-0.25, -0.2) is 13.5 Å². The van der Waals surface area contributed by atoms with Gasteiger partial charge in [0.2, 0.25) is 0 Å². The van der Waals surface area contributed by atoms with E-state index in [2.05, 4.69) is 32.7 Å². The summed E-state index contributed by atoms with van der Waals surface area (Å²) < 4.78 is 29.7. The van der Waals surface area contributed by atoms with Crippen molar-refractivity contribution < 1.29 is 18.4 Å². The topological polar surface area (TPSA) is 109 Å². The number of rotatable bonds is 6. The fourth-order valence-electron chi connectivity index (χ4n) is 3.78. The molecule has 1 fully saturated rings. The molecule has 2 N–H and O–H groups in total. The number of aryl methyl sites for hydroxylation is 1.